The van der Waals surface area contributed by atoms with Gasteiger partial charge in [-0.05, 0) is 25.7 Å². The molecule has 0 spiro atoms. The fourth-order valence-electron chi connectivity index (χ4n) is 3.79. The molecule has 22 heavy (non-hydrogen) atoms. The van der Waals surface area contributed by atoms with Crippen LogP contribution in [0.3, 0.4) is 0 Å². The molecule has 1 aliphatic heterocycles. The third-order valence-electron chi connectivity index (χ3n) is 5.04. The van der Waals surface area contributed by atoms with E-state index in [1.54, 1.807) is 7.11 Å². The minimum Gasteiger partial charge on any atom is -0.393 e. The van der Waals surface area contributed by atoms with Gasteiger partial charge in [0.15, 0.2) is 0 Å². The third-order valence-corrected chi connectivity index (χ3v) is 5.04. The summed E-state index contributed by atoms with van der Waals surface area (Å²) < 4.78 is 10.7. The lowest BCUT2D eigenvalue weighted by atomic mass is 9.79. The first kappa shape index (κ1) is 15.3. The van der Waals surface area contributed by atoms with Gasteiger partial charge in [0.1, 0.15) is 5.76 Å². The number of rotatable bonds is 4. The maximum Gasteiger partial charge on any atom is 0.280 e. The maximum atomic E-state index is 12.5. The summed E-state index contributed by atoms with van der Waals surface area (Å²) in [7, 11) is 1.69. The predicted octanol–water partition coefficient (Wildman–Crippen LogP) is 0.431. The number of amides is 1. The fraction of sp³-hybridized carbons (Fsp3) is 0.733. The van der Waals surface area contributed by atoms with Crippen LogP contribution >= 0.6 is 0 Å². The van der Waals surface area contributed by atoms with E-state index in [1.165, 1.54) is 6.07 Å². The average molecular weight is 310 g/mol. The summed E-state index contributed by atoms with van der Waals surface area (Å²) in [5.41, 5.74) is -0.604. The molecule has 7 nitrogen and oxygen atoms in total. The molecule has 3 rings (SSSR count). The van der Waals surface area contributed by atoms with Crippen molar-refractivity contribution in [2.75, 3.05) is 13.7 Å². The van der Waals surface area contributed by atoms with Gasteiger partial charge in [-0.3, -0.25) is 9.59 Å². The minimum absolute atomic E-state index is 0.0156. The van der Waals surface area contributed by atoms with Crippen molar-refractivity contribution in [3.8, 4) is 0 Å². The molecule has 0 bridgehead atoms. The molecule has 0 aromatic carbocycles. The molecule has 3 atom stereocenters. The van der Waals surface area contributed by atoms with Crippen LogP contribution in [0.4, 0.5) is 0 Å². The Labute approximate surface area is 128 Å². The number of aliphatic hydroxyl groups excluding tert-OH is 1. The Balaban J connectivity index is 1.66. The quantitative estimate of drug-likeness (QED) is 0.841. The van der Waals surface area contributed by atoms with Gasteiger partial charge in [0.25, 0.3) is 5.56 Å². The second-order valence-corrected chi connectivity index (χ2v) is 6.23. The molecule has 1 aliphatic carbocycles. The molecule has 1 saturated heterocycles. The maximum absolute atomic E-state index is 12.5. The van der Waals surface area contributed by atoms with Crippen LogP contribution in [0.5, 0.6) is 0 Å². The molecule has 1 saturated carbocycles. The average Bonchev–Trinajstić information content (AvgIpc) is 3.09. The predicted molar refractivity (Wildman–Crippen MR) is 77.4 cm³/mol. The Bertz CT molecular complexity index is 595. The highest BCUT2D eigenvalue weighted by molar-refractivity contribution is 5.77. The van der Waals surface area contributed by atoms with Crippen molar-refractivity contribution in [1.29, 1.82) is 0 Å². The molecule has 1 aromatic heterocycles. The number of aromatic nitrogens is 1. The molecule has 122 valence electrons. The second kappa shape index (κ2) is 5.89. The van der Waals surface area contributed by atoms with Crippen LogP contribution in [0.2, 0.25) is 0 Å². The molecule has 0 radical (unpaired) electrons. The summed E-state index contributed by atoms with van der Waals surface area (Å²) in [5, 5.41) is 12.1. The van der Waals surface area contributed by atoms with Gasteiger partial charge in [-0.1, -0.05) is 0 Å². The van der Waals surface area contributed by atoms with Crippen LogP contribution < -0.4 is 5.56 Å². The third kappa shape index (κ3) is 2.70. The number of ether oxygens (including phenoxy) is 1. The summed E-state index contributed by atoms with van der Waals surface area (Å²) in [6, 6.07) is 1.30. The Hall–Kier alpha value is -1.60. The van der Waals surface area contributed by atoms with Gasteiger partial charge in [0, 0.05) is 32.6 Å². The van der Waals surface area contributed by atoms with Gasteiger partial charge in [-0.2, -0.15) is 5.16 Å². The number of aromatic amines is 1. The van der Waals surface area contributed by atoms with E-state index in [1.807, 2.05) is 4.90 Å². The lowest BCUT2D eigenvalue weighted by molar-refractivity contribution is -0.139. The molecular weight excluding hydrogens is 288 g/mol. The Morgan fingerprint density at radius 2 is 2.41 bits per heavy atom. The van der Waals surface area contributed by atoms with Crippen molar-refractivity contribution in [3.63, 3.8) is 0 Å². The lowest BCUT2D eigenvalue weighted by Gasteiger charge is -2.42. The van der Waals surface area contributed by atoms with E-state index in [0.717, 1.165) is 19.3 Å². The van der Waals surface area contributed by atoms with Crippen molar-refractivity contribution < 1.29 is 19.2 Å². The SMILES string of the molecule is CO[C@]12CC[C@H](O)C[C@H]1N(C(=O)CCc1cc(=O)[nH]o1)CC2. The molecule has 1 amide bonds. The van der Waals surface area contributed by atoms with Gasteiger partial charge in [-0.25, -0.2) is 0 Å². The molecule has 1 aromatic rings. The normalized spacial score (nSPS) is 31.3. The number of nitrogens with one attached hydrogen (secondary N) is 1. The molecule has 2 aliphatic rings. The Morgan fingerprint density at radius 3 is 3.09 bits per heavy atom. The topological polar surface area (TPSA) is 95.8 Å². The number of carbonyl (C=O) groups excluding carboxylic acids is 1. The van der Waals surface area contributed by atoms with Gasteiger partial charge in [0.2, 0.25) is 5.91 Å². The van der Waals surface area contributed by atoms with E-state index < -0.39 is 0 Å². The Kier molecular flexibility index (Phi) is 4.10. The van der Waals surface area contributed by atoms with Crippen LogP contribution in [0.25, 0.3) is 0 Å². The molecule has 2 N–H and O–H groups in total. The molecular formula is C15H22N2O5. The van der Waals surface area contributed by atoms with Crippen LogP contribution in [-0.4, -0.2) is 52.5 Å². The van der Waals surface area contributed by atoms with Crippen molar-refractivity contribution in [1.82, 2.24) is 10.1 Å². The first-order valence-corrected chi connectivity index (χ1v) is 7.74. The van der Waals surface area contributed by atoms with E-state index in [-0.39, 0.29) is 35.6 Å². The number of methoxy groups -OCH3 is 1. The number of aliphatic hydroxyl groups is 1. The summed E-state index contributed by atoms with van der Waals surface area (Å²) >= 11 is 0. The van der Waals surface area contributed by atoms with Crippen molar-refractivity contribution >= 4 is 5.91 Å². The summed E-state index contributed by atoms with van der Waals surface area (Å²) in [5.74, 6) is 0.501. The summed E-state index contributed by atoms with van der Waals surface area (Å²) in [4.78, 5) is 25.3. The number of hydrogen-bond donors (Lipinski definition) is 2. The number of H-pyrrole nitrogens is 1. The van der Waals surface area contributed by atoms with E-state index in [2.05, 4.69) is 5.16 Å². The number of carbonyl (C=O) groups is 1. The van der Waals surface area contributed by atoms with Gasteiger partial charge >= 0.3 is 0 Å². The van der Waals surface area contributed by atoms with Crippen molar-refractivity contribution in [2.45, 2.75) is 56.3 Å². The number of likely N-dealkylation sites (tertiary alicyclic amines) is 1. The van der Waals surface area contributed by atoms with E-state index in [9.17, 15) is 14.7 Å². The second-order valence-electron chi connectivity index (χ2n) is 6.23. The monoisotopic (exact) mass is 310 g/mol. The van der Waals surface area contributed by atoms with Crippen LogP contribution in [0, 0.1) is 0 Å². The highest BCUT2D eigenvalue weighted by Gasteiger charge is 2.52. The number of aryl methyl sites for hydroxylation is 1. The number of fused-ring (bicyclic) bond motifs is 1. The number of nitrogens with zero attached hydrogens (tertiary/aromatic N) is 1. The lowest BCUT2D eigenvalue weighted by Crippen LogP contribution is -2.52. The minimum atomic E-state index is -0.371. The van der Waals surface area contributed by atoms with E-state index in [4.69, 9.17) is 9.26 Å². The van der Waals surface area contributed by atoms with Gasteiger partial charge in [0.05, 0.1) is 17.7 Å². The van der Waals surface area contributed by atoms with Gasteiger partial charge in [-0.15, -0.1) is 0 Å². The standard InChI is InChI=1S/C15H22N2O5/c1-21-15-5-4-10(18)8-12(15)17(7-6-15)14(20)3-2-11-9-13(19)16-22-11/h9-10,12,18H,2-8H2,1H3,(H,16,19)/t10-,12+,15-/m0/s1. The van der Waals surface area contributed by atoms with Gasteiger partial charge < -0.3 is 19.3 Å². The zero-order valence-electron chi connectivity index (χ0n) is 12.7. The smallest absolute Gasteiger partial charge is 0.280 e. The van der Waals surface area contributed by atoms with E-state index >= 15 is 0 Å². The molecule has 2 heterocycles. The zero-order chi connectivity index (χ0) is 15.7. The van der Waals surface area contributed by atoms with Crippen LogP contribution in [0.15, 0.2) is 15.4 Å². The summed E-state index contributed by atoms with van der Waals surface area (Å²) in [6.45, 7) is 0.654. The molecule has 2 fully saturated rings. The first-order valence-electron chi connectivity index (χ1n) is 7.74. The highest BCUT2D eigenvalue weighted by Crippen LogP contribution is 2.42. The fourth-order valence-corrected chi connectivity index (χ4v) is 3.79. The van der Waals surface area contributed by atoms with Crippen LogP contribution in [0.1, 0.15) is 37.9 Å². The highest BCUT2D eigenvalue weighted by atomic mass is 16.5. The van der Waals surface area contributed by atoms with E-state index in [0.29, 0.717) is 25.1 Å². The largest absolute Gasteiger partial charge is 0.393 e. The zero-order valence-corrected chi connectivity index (χ0v) is 12.7. The van der Waals surface area contributed by atoms with Crippen molar-refractivity contribution in [2.24, 2.45) is 0 Å². The Morgan fingerprint density at radius 1 is 1.59 bits per heavy atom. The van der Waals surface area contributed by atoms with Crippen LogP contribution in [-0.2, 0) is 16.0 Å². The summed E-state index contributed by atoms with van der Waals surface area (Å²) in [6.07, 6.45) is 3.19. The molecule has 0 unspecified atom stereocenters. The molecule has 7 heteroatoms. The van der Waals surface area contributed by atoms with Crippen molar-refractivity contribution in [3.05, 3.63) is 22.2 Å². The number of hydrogen-bond acceptors (Lipinski definition) is 5. The first-order chi connectivity index (χ1) is 10.5.